The maximum Gasteiger partial charge on any atom is 0.294 e. The Labute approximate surface area is 132 Å². The molecular weight excluding hydrogens is 300 g/mol. The van der Waals surface area contributed by atoms with E-state index >= 15 is 0 Å². The normalized spacial score (nSPS) is 10.8. The smallest absolute Gasteiger partial charge is 0.294 e. The van der Waals surface area contributed by atoms with Crippen LogP contribution in [0.3, 0.4) is 0 Å². The van der Waals surface area contributed by atoms with Gasteiger partial charge in [0.25, 0.3) is 5.56 Å². The van der Waals surface area contributed by atoms with Gasteiger partial charge in [0.1, 0.15) is 6.61 Å². The van der Waals surface area contributed by atoms with Gasteiger partial charge in [0, 0.05) is 10.6 Å². The quantitative estimate of drug-likeness (QED) is 0.739. The minimum atomic E-state index is -0.228. The zero-order chi connectivity index (χ0) is 15.5. The van der Waals surface area contributed by atoms with E-state index in [1.54, 1.807) is 18.2 Å². The summed E-state index contributed by atoms with van der Waals surface area (Å²) in [6, 6.07) is 14.5. The average Bonchev–Trinajstić information content (AvgIpc) is 2.54. The fraction of sp³-hybridized carbons (Fsp3) is 0.176. The highest BCUT2D eigenvalue weighted by Crippen LogP contribution is 2.20. The number of halogens is 1. The van der Waals surface area contributed by atoms with E-state index in [0.717, 1.165) is 12.0 Å². The third kappa shape index (κ3) is 2.70. The first-order chi connectivity index (χ1) is 10.7. The topological polar surface area (TPSA) is 44.1 Å². The lowest BCUT2D eigenvalue weighted by atomic mass is 10.2. The molecule has 1 aromatic heterocycles. The lowest BCUT2D eigenvalue weighted by Gasteiger charge is -2.13. The lowest BCUT2D eigenvalue weighted by molar-refractivity contribution is 0.105. The zero-order valence-electron chi connectivity index (χ0n) is 12.1. The van der Waals surface area contributed by atoms with Gasteiger partial charge in [-0.25, -0.2) is 4.98 Å². The first-order valence-electron chi connectivity index (χ1n) is 7.11. The molecule has 0 N–H and O–H groups in total. The Kier molecular flexibility index (Phi) is 4.11. The lowest BCUT2D eigenvalue weighted by Crippen LogP contribution is -2.30. The number of hydrogen-bond donors (Lipinski definition) is 0. The molecule has 0 saturated heterocycles. The molecule has 0 atom stereocenters. The summed E-state index contributed by atoms with van der Waals surface area (Å²) in [6.07, 6.45) is 0.805. The number of aromatic nitrogens is 2. The van der Waals surface area contributed by atoms with E-state index in [9.17, 15) is 4.79 Å². The highest BCUT2D eigenvalue weighted by Gasteiger charge is 2.14. The molecule has 0 radical (unpaired) electrons. The van der Waals surface area contributed by atoms with Crippen molar-refractivity contribution in [1.29, 1.82) is 0 Å². The number of hydrogen-bond acceptors (Lipinski definition) is 3. The predicted octanol–water partition coefficient (Wildman–Crippen LogP) is 3.56. The van der Waals surface area contributed by atoms with Gasteiger partial charge < -0.3 is 4.84 Å². The number of nitrogens with zero attached hydrogens (tertiary/aromatic N) is 2. The molecule has 0 spiro atoms. The van der Waals surface area contributed by atoms with Crippen LogP contribution in [0.15, 0.2) is 53.3 Å². The predicted molar refractivity (Wildman–Crippen MR) is 88.2 cm³/mol. The molecule has 2 aromatic carbocycles. The number of rotatable bonds is 4. The number of benzene rings is 2. The molecule has 0 fully saturated rings. The van der Waals surface area contributed by atoms with Crippen LogP contribution in [0.5, 0.6) is 0 Å². The fourth-order valence-corrected chi connectivity index (χ4v) is 2.38. The van der Waals surface area contributed by atoms with E-state index in [2.05, 4.69) is 4.98 Å². The summed E-state index contributed by atoms with van der Waals surface area (Å²) >= 11 is 6.01. The molecule has 3 aromatic rings. The zero-order valence-corrected chi connectivity index (χ0v) is 12.9. The molecule has 0 amide bonds. The van der Waals surface area contributed by atoms with Gasteiger partial charge in [-0.15, -0.1) is 4.73 Å². The van der Waals surface area contributed by atoms with Gasteiger partial charge in [-0.2, -0.15) is 0 Å². The second-order valence-corrected chi connectivity index (χ2v) is 5.33. The van der Waals surface area contributed by atoms with Crippen LogP contribution in [0.1, 0.15) is 13.3 Å². The standard InChI is InChI=1S/C17H15ClN2O2/c1-2-10-22-20-16(12-6-4-3-5-7-12)19-15-11-13(18)8-9-14(15)17(20)21/h3-9,11H,2,10H2,1H3. The average molecular weight is 315 g/mol. The van der Waals surface area contributed by atoms with E-state index in [-0.39, 0.29) is 5.56 Å². The maximum absolute atomic E-state index is 12.7. The van der Waals surface area contributed by atoms with E-state index in [1.165, 1.54) is 4.73 Å². The van der Waals surface area contributed by atoms with Crippen LogP contribution in [-0.2, 0) is 0 Å². The van der Waals surface area contributed by atoms with Crippen LogP contribution in [0.25, 0.3) is 22.3 Å². The molecule has 112 valence electrons. The largest absolute Gasteiger partial charge is 0.409 e. The van der Waals surface area contributed by atoms with Crippen LogP contribution in [-0.4, -0.2) is 16.3 Å². The van der Waals surface area contributed by atoms with Gasteiger partial charge >= 0.3 is 0 Å². The summed E-state index contributed by atoms with van der Waals surface area (Å²) in [5.74, 6) is 0.480. The van der Waals surface area contributed by atoms with Crippen molar-refractivity contribution in [1.82, 2.24) is 9.71 Å². The van der Waals surface area contributed by atoms with Crippen LogP contribution >= 0.6 is 11.6 Å². The van der Waals surface area contributed by atoms with Crippen LogP contribution in [0.2, 0.25) is 5.02 Å². The molecule has 0 aliphatic heterocycles. The van der Waals surface area contributed by atoms with Gasteiger partial charge in [0.2, 0.25) is 0 Å². The van der Waals surface area contributed by atoms with Gasteiger partial charge in [0.15, 0.2) is 5.82 Å². The van der Waals surface area contributed by atoms with Gasteiger partial charge in [0.05, 0.1) is 10.9 Å². The molecule has 3 rings (SSSR count). The Hall–Kier alpha value is -2.33. The molecule has 1 heterocycles. The van der Waals surface area contributed by atoms with Crippen LogP contribution < -0.4 is 10.4 Å². The second kappa shape index (κ2) is 6.20. The minimum absolute atomic E-state index is 0.228. The number of fused-ring (bicyclic) bond motifs is 1. The van der Waals surface area contributed by atoms with Crippen LogP contribution in [0.4, 0.5) is 0 Å². The Bertz CT molecular complexity index is 860. The van der Waals surface area contributed by atoms with Crippen molar-refractivity contribution in [3.8, 4) is 11.4 Å². The van der Waals surface area contributed by atoms with E-state index in [1.807, 2.05) is 37.3 Å². The fourth-order valence-electron chi connectivity index (χ4n) is 2.21. The highest BCUT2D eigenvalue weighted by molar-refractivity contribution is 6.31. The highest BCUT2D eigenvalue weighted by atomic mass is 35.5. The summed E-state index contributed by atoms with van der Waals surface area (Å²) in [6.45, 7) is 2.43. The van der Waals surface area contributed by atoms with Gasteiger partial charge in [-0.3, -0.25) is 4.79 Å². The van der Waals surface area contributed by atoms with Crippen molar-refractivity contribution in [3.63, 3.8) is 0 Å². The molecule has 0 aliphatic carbocycles. The molecule has 22 heavy (non-hydrogen) atoms. The Morgan fingerprint density at radius 1 is 1.18 bits per heavy atom. The van der Waals surface area contributed by atoms with E-state index in [4.69, 9.17) is 16.4 Å². The third-order valence-electron chi connectivity index (χ3n) is 3.25. The Balaban J connectivity index is 2.30. The SMILES string of the molecule is CCCOn1c(-c2ccccc2)nc2cc(Cl)ccc2c1=O. The molecule has 4 nitrogen and oxygen atoms in total. The molecule has 0 unspecified atom stereocenters. The summed E-state index contributed by atoms with van der Waals surface area (Å²) in [5.41, 5.74) is 1.15. The molecule has 5 heteroatoms. The monoisotopic (exact) mass is 314 g/mol. The minimum Gasteiger partial charge on any atom is -0.409 e. The summed E-state index contributed by atoms with van der Waals surface area (Å²) in [7, 11) is 0. The Morgan fingerprint density at radius 3 is 2.68 bits per heavy atom. The summed E-state index contributed by atoms with van der Waals surface area (Å²) in [4.78, 5) is 22.9. The van der Waals surface area contributed by atoms with Crippen molar-refractivity contribution >= 4 is 22.5 Å². The first kappa shape index (κ1) is 14.6. The van der Waals surface area contributed by atoms with E-state index < -0.39 is 0 Å². The van der Waals surface area contributed by atoms with Crippen molar-refractivity contribution in [2.45, 2.75) is 13.3 Å². The molecular formula is C17H15ClN2O2. The first-order valence-corrected chi connectivity index (χ1v) is 7.49. The maximum atomic E-state index is 12.7. The third-order valence-corrected chi connectivity index (χ3v) is 3.48. The van der Waals surface area contributed by atoms with Crippen molar-refractivity contribution in [2.24, 2.45) is 0 Å². The van der Waals surface area contributed by atoms with Crippen LogP contribution in [0, 0.1) is 0 Å². The molecule has 0 saturated carbocycles. The summed E-state index contributed by atoms with van der Waals surface area (Å²) in [5, 5.41) is 1.03. The Morgan fingerprint density at radius 2 is 1.95 bits per heavy atom. The second-order valence-electron chi connectivity index (χ2n) is 4.90. The van der Waals surface area contributed by atoms with Crippen molar-refractivity contribution in [3.05, 3.63) is 63.9 Å². The van der Waals surface area contributed by atoms with E-state index in [0.29, 0.717) is 28.4 Å². The van der Waals surface area contributed by atoms with Crippen molar-refractivity contribution in [2.75, 3.05) is 6.61 Å². The molecule has 0 bridgehead atoms. The van der Waals surface area contributed by atoms with Gasteiger partial charge in [-0.05, 0) is 24.6 Å². The molecule has 0 aliphatic rings. The van der Waals surface area contributed by atoms with Crippen molar-refractivity contribution < 1.29 is 4.84 Å². The summed E-state index contributed by atoms with van der Waals surface area (Å²) < 4.78 is 1.27. The van der Waals surface area contributed by atoms with Gasteiger partial charge in [-0.1, -0.05) is 48.9 Å².